The fourth-order valence-corrected chi connectivity index (χ4v) is 7.17. The van der Waals surface area contributed by atoms with E-state index in [1.165, 1.54) is 11.1 Å². The zero-order valence-electron chi connectivity index (χ0n) is 29.5. The molecular formula is C51H35N3. The van der Waals surface area contributed by atoms with Crippen LogP contribution < -0.4 is 0 Å². The summed E-state index contributed by atoms with van der Waals surface area (Å²) in [5, 5.41) is 0. The van der Waals surface area contributed by atoms with E-state index < -0.39 is 0 Å². The van der Waals surface area contributed by atoms with Crippen LogP contribution in [0.1, 0.15) is 0 Å². The van der Waals surface area contributed by atoms with Gasteiger partial charge in [-0.15, -0.1) is 0 Å². The second-order valence-electron chi connectivity index (χ2n) is 13.2. The Bertz CT molecular complexity index is 2690. The van der Waals surface area contributed by atoms with E-state index in [2.05, 4.69) is 206 Å². The first-order valence-corrected chi connectivity index (χ1v) is 18.2. The molecule has 1 aromatic heterocycles. The zero-order chi connectivity index (χ0) is 36.1. The van der Waals surface area contributed by atoms with E-state index in [4.69, 9.17) is 15.0 Å². The van der Waals surface area contributed by atoms with Crippen LogP contribution in [0, 0.1) is 0 Å². The van der Waals surface area contributed by atoms with Crippen LogP contribution in [0.3, 0.4) is 0 Å². The summed E-state index contributed by atoms with van der Waals surface area (Å²) in [4.78, 5) is 15.8. The minimum Gasteiger partial charge on any atom is -0.208 e. The van der Waals surface area contributed by atoms with E-state index in [-0.39, 0.29) is 0 Å². The highest BCUT2D eigenvalue weighted by molar-refractivity contribution is 5.93. The van der Waals surface area contributed by atoms with Crippen LogP contribution in [-0.4, -0.2) is 15.0 Å². The smallest absolute Gasteiger partial charge is 0.164 e. The zero-order valence-corrected chi connectivity index (χ0v) is 29.5. The first-order chi connectivity index (χ1) is 26.8. The summed E-state index contributed by atoms with van der Waals surface area (Å²) in [6, 6.07) is 74.0. The molecule has 1 heterocycles. The lowest BCUT2D eigenvalue weighted by Gasteiger charge is -2.17. The molecule has 0 aliphatic carbocycles. The Balaban J connectivity index is 1.26. The highest BCUT2D eigenvalue weighted by Crippen LogP contribution is 2.40. The third-order valence-corrected chi connectivity index (χ3v) is 9.76. The van der Waals surface area contributed by atoms with Crippen LogP contribution in [0.5, 0.6) is 0 Å². The van der Waals surface area contributed by atoms with Crippen LogP contribution >= 0.6 is 0 Å². The van der Waals surface area contributed by atoms with Crippen molar-refractivity contribution in [2.45, 2.75) is 0 Å². The second-order valence-corrected chi connectivity index (χ2v) is 13.2. The fraction of sp³-hybridized carbons (Fsp3) is 0. The highest BCUT2D eigenvalue weighted by Gasteiger charge is 2.20. The summed E-state index contributed by atoms with van der Waals surface area (Å²) >= 11 is 0. The topological polar surface area (TPSA) is 38.7 Å². The molecule has 0 atom stereocenters. The summed E-state index contributed by atoms with van der Waals surface area (Å²) in [5.41, 5.74) is 14.1. The van der Waals surface area contributed by atoms with E-state index in [1.807, 2.05) is 6.07 Å². The minimum absolute atomic E-state index is 0.614. The summed E-state index contributed by atoms with van der Waals surface area (Å²) in [7, 11) is 0. The van der Waals surface area contributed by atoms with Crippen molar-refractivity contribution in [3.8, 4) is 89.8 Å². The van der Waals surface area contributed by atoms with E-state index in [1.54, 1.807) is 0 Å². The Hall–Kier alpha value is -7.23. The molecule has 54 heavy (non-hydrogen) atoms. The molecule has 0 saturated carbocycles. The summed E-state index contributed by atoms with van der Waals surface area (Å²) in [5.74, 6) is 1.85. The molecule has 0 fully saturated rings. The van der Waals surface area contributed by atoms with Gasteiger partial charge in [-0.3, -0.25) is 0 Å². The van der Waals surface area contributed by atoms with Gasteiger partial charge in [0.25, 0.3) is 0 Å². The lowest BCUT2D eigenvalue weighted by atomic mass is 9.90. The largest absolute Gasteiger partial charge is 0.208 e. The van der Waals surface area contributed by atoms with Crippen LogP contribution in [0.4, 0.5) is 0 Å². The van der Waals surface area contributed by atoms with Gasteiger partial charge in [-0.2, -0.15) is 0 Å². The molecular weight excluding hydrogens is 655 g/mol. The molecule has 9 rings (SSSR count). The maximum atomic E-state index is 5.29. The average molecular weight is 690 g/mol. The van der Waals surface area contributed by atoms with E-state index >= 15 is 0 Å². The van der Waals surface area contributed by atoms with Gasteiger partial charge in [-0.25, -0.2) is 15.0 Å². The number of nitrogens with zero attached hydrogens (tertiary/aromatic N) is 3. The maximum Gasteiger partial charge on any atom is 0.164 e. The molecule has 0 unspecified atom stereocenters. The first-order valence-electron chi connectivity index (χ1n) is 18.2. The lowest BCUT2D eigenvalue weighted by molar-refractivity contribution is 1.07. The number of rotatable bonds is 8. The molecule has 0 bridgehead atoms. The van der Waals surface area contributed by atoms with Crippen LogP contribution in [0.15, 0.2) is 212 Å². The Labute approximate surface area is 316 Å². The third kappa shape index (κ3) is 6.63. The van der Waals surface area contributed by atoms with E-state index in [0.29, 0.717) is 17.5 Å². The number of hydrogen-bond donors (Lipinski definition) is 0. The average Bonchev–Trinajstić information content (AvgIpc) is 3.27. The number of aromatic nitrogens is 3. The Morgan fingerprint density at radius 2 is 0.556 bits per heavy atom. The number of hydrogen-bond acceptors (Lipinski definition) is 3. The van der Waals surface area contributed by atoms with E-state index in [9.17, 15) is 0 Å². The molecule has 0 radical (unpaired) electrons. The second kappa shape index (κ2) is 14.8. The van der Waals surface area contributed by atoms with Crippen molar-refractivity contribution < 1.29 is 0 Å². The molecule has 3 heteroatoms. The molecule has 9 aromatic rings. The predicted octanol–water partition coefficient (Wildman–Crippen LogP) is 13.2. The van der Waals surface area contributed by atoms with Gasteiger partial charge in [0.1, 0.15) is 0 Å². The Morgan fingerprint density at radius 3 is 1.15 bits per heavy atom. The third-order valence-electron chi connectivity index (χ3n) is 9.76. The van der Waals surface area contributed by atoms with Crippen LogP contribution in [0.2, 0.25) is 0 Å². The molecule has 0 spiro atoms. The van der Waals surface area contributed by atoms with Crippen molar-refractivity contribution in [1.82, 2.24) is 15.0 Å². The maximum absolute atomic E-state index is 5.29. The predicted molar refractivity (Wildman–Crippen MR) is 223 cm³/mol. The molecule has 3 nitrogen and oxygen atoms in total. The summed E-state index contributed by atoms with van der Waals surface area (Å²) < 4.78 is 0. The van der Waals surface area contributed by atoms with Gasteiger partial charge in [0.15, 0.2) is 17.5 Å². The van der Waals surface area contributed by atoms with Crippen molar-refractivity contribution in [2.24, 2.45) is 0 Å². The summed E-state index contributed by atoms with van der Waals surface area (Å²) in [6.45, 7) is 0. The van der Waals surface area contributed by atoms with Crippen molar-refractivity contribution >= 4 is 0 Å². The molecule has 0 aliphatic heterocycles. The number of benzene rings is 8. The van der Waals surface area contributed by atoms with E-state index in [0.717, 1.165) is 61.2 Å². The normalized spacial score (nSPS) is 11.0. The monoisotopic (exact) mass is 689 g/mol. The SMILES string of the molecule is c1ccc(-c2cccc(-c3nc(-c4cccc(-c5ccccc5-c5ccccc5)c4)nc(-c4cccc(-c5ccccc5)c4-c4ccccc4)n3)c2)cc1. The van der Waals surface area contributed by atoms with Gasteiger partial charge in [0.2, 0.25) is 0 Å². The van der Waals surface area contributed by atoms with Crippen molar-refractivity contribution in [2.75, 3.05) is 0 Å². The molecule has 0 N–H and O–H groups in total. The molecule has 0 amide bonds. The lowest BCUT2D eigenvalue weighted by Crippen LogP contribution is -2.02. The summed E-state index contributed by atoms with van der Waals surface area (Å²) in [6.07, 6.45) is 0. The highest BCUT2D eigenvalue weighted by atomic mass is 15.0. The minimum atomic E-state index is 0.614. The van der Waals surface area contributed by atoms with Crippen LogP contribution in [0.25, 0.3) is 89.8 Å². The van der Waals surface area contributed by atoms with Gasteiger partial charge in [-0.1, -0.05) is 200 Å². The first kappa shape index (κ1) is 32.7. The molecule has 0 saturated heterocycles. The quantitative estimate of drug-likeness (QED) is 0.159. The molecule has 0 aliphatic rings. The van der Waals surface area contributed by atoms with Gasteiger partial charge in [0.05, 0.1) is 0 Å². The van der Waals surface area contributed by atoms with Gasteiger partial charge in [-0.05, 0) is 62.2 Å². The molecule has 8 aromatic carbocycles. The standard InChI is InChI=1S/C51H35N3/c1-5-18-36(19-6-1)40-26-15-28-42(34-40)49-52-50(43-29-16-27-41(35-43)45-31-14-13-30-44(45)37-20-7-2-8-21-37)54-51(53-49)47-33-17-32-46(38-22-9-3-10-23-38)48(47)39-24-11-4-12-25-39/h1-35H. The Morgan fingerprint density at radius 1 is 0.204 bits per heavy atom. The van der Waals surface area contributed by atoms with Crippen LogP contribution in [-0.2, 0) is 0 Å². The van der Waals surface area contributed by atoms with Gasteiger partial charge >= 0.3 is 0 Å². The van der Waals surface area contributed by atoms with Gasteiger partial charge in [0, 0.05) is 22.3 Å². The fourth-order valence-electron chi connectivity index (χ4n) is 7.17. The van der Waals surface area contributed by atoms with Crippen molar-refractivity contribution in [3.63, 3.8) is 0 Å². The van der Waals surface area contributed by atoms with Crippen molar-refractivity contribution in [3.05, 3.63) is 212 Å². The van der Waals surface area contributed by atoms with Gasteiger partial charge < -0.3 is 0 Å². The molecule has 254 valence electrons. The van der Waals surface area contributed by atoms with Crippen molar-refractivity contribution in [1.29, 1.82) is 0 Å². The Kier molecular flexibility index (Phi) is 8.94.